The second-order valence-electron chi connectivity index (χ2n) is 10.8. The molecule has 9 rings (SSSR count). The quantitative estimate of drug-likeness (QED) is 0.213. The minimum Gasteiger partial charge on any atom is -0.456 e. The first-order valence-corrected chi connectivity index (χ1v) is 14.5. The number of furan rings is 1. The van der Waals surface area contributed by atoms with E-state index in [1.807, 2.05) is 79.0 Å². The number of hydrogen-bond donors (Lipinski definition) is 0. The third kappa shape index (κ3) is 3.89. The highest BCUT2D eigenvalue weighted by Crippen LogP contribution is 2.38. The van der Waals surface area contributed by atoms with E-state index in [9.17, 15) is 0 Å². The van der Waals surface area contributed by atoms with Crippen LogP contribution in [0.5, 0.6) is 0 Å². The predicted octanol–water partition coefficient (Wildman–Crippen LogP) is 9.26. The third-order valence-electron chi connectivity index (χ3n) is 8.13. The maximum atomic E-state index is 6.22. The largest absolute Gasteiger partial charge is 0.456 e. The van der Waals surface area contributed by atoms with Crippen LogP contribution in [-0.4, -0.2) is 24.5 Å². The molecule has 0 aliphatic rings. The van der Waals surface area contributed by atoms with Gasteiger partial charge in [-0.2, -0.15) is 0 Å². The van der Waals surface area contributed by atoms with Gasteiger partial charge in [0.25, 0.3) is 0 Å². The van der Waals surface area contributed by atoms with Crippen molar-refractivity contribution in [1.82, 2.24) is 24.5 Å². The Balaban J connectivity index is 1.21. The summed E-state index contributed by atoms with van der Waals surface area (Å²) in [5.74, 6) is 1.37. The second-order valence-corrected chi connectivity index (χ2v) is 10.8. The van der Waals surface area contributed by atoms with E-state index in [0.717, 1.165) is 66.4 Å². The summed E-state index contributed by atoms with van der Waals surface area (Å²) in [7, 11) is 0. The van der Waals surface area contributed by atoms with Gasteiger partial charge in [-0.15, -0.1) is 0 Å². The molecular formula is C38H23N5O. The zero-order valence-corrected chi connectivity index (χ0v) is 23.4. The number of nitrogens with zero attached hydrogens (tertiary/aromatic N) is 5. The van der Waals surface area contributed by atoms with Crippen molar-refractivity contribution in [3.8, 4) is 39.9 Å². The highest BCUT2D eigenvalue weighted by atomic mass is 16.3. The first kappa shape index (κ1) is 24.5. The highest BCUT2D eigenvalue weighted by molar-refractivity contribution is 6.17. The molecule has 0 atom stereocenters. The van der Waals surface area contributed by atoms with E-state index in [0.29, 0.717) is 17.2 Å². The number of aromatic nitrogens is 5. The lowest BCUT2D eigenvalue weighted by atomic mass is 10.1. The molecule has 4 aromatic heterocycles. The molecule has 0 amide bonds. The van der Waals surface area contributed by atoms with Gasteiger partial charge in [0.1, 0.15) is 16.9 Å². The van der Waals surface area contributed by atoms with Crippen molar-refractivity contribution in [3.63, 3.8) is 0 Å². The van der Waals surface area contributed by atoms with Crippen molar-refractivity contribution in [2.45, 2.75) is 0 Å². The molecule has 0 radical (unpaired) electrons. The van der Waals surface area contributed by atoms with Crippen LogP contribution in [0, 0.1) is 0 Å². The predicted molar refractivity (Wildman–Crippen MR) is 176 cm³/mol. The summed E-state index contributed by atoms with van der Waals surface area (Å²) in [6.07, 6.45) is 3.62. The Morgan fingerprint density at radius 2 is 1.16 bits per heavy atom. The Morgan fingerprint density at radius 3 is 1.95 bits per heavy atom. The van der Waals surface area contributed by atoms with E-state index in [2.05, 4.69) is 59.2 Å². The number of para-hydroxylation sites is 2. The molecule has 0 aliphatic carbocycles. The minimum absolute atomic E-state index is 0.645. The summed E-state index contributed by atoms with van der Waals surface area (Å²) >= 11 is 0. The maximum absolute atomic E-state index is 6.22. The molecule has 9 aromatic rings. The van der Waals surface area contributed by atoms with Crippen LogP contribution >= 0.6 is 0 Å². The third-order valence-corrected chi connectivity index (χ3v) is 8.13. The fraction of sp³-hybridized carbons (Fsp3) is 0. The van der Waals surface area contributed by atoms with Crippen molar-refractivity contribution in [2.24, 2.45) is 0 Å². The van der Waals surface area contributed by atoms with Crippen molar-refractivity contribution >= 4 is 43.7 Å². The van der Waals surface area contributed by atoms with Gasteiger partial charge in [-0.3, -0.25) is 4.57 Å². The molecule has 0 saturated carbocycles. The number of hydrogen-bond acceptors (Lipinski definition) is 5. The maximum Gasteiger partial charge on any atom is 0.160 e. The van der Waals surface area contributed by atoms with Crippen molar-refractivity contribution in [3.05, 3.63) is 140 Å². The molecular weight excluding hydrogens is 542 g/mol. The first-order valence-electron chi connectivity index (χ1n) is 14.5. The van der Waals surface area contributed by atoms with Gasteiger partial charge in [-0.25, -0.2) is 19.9 Å². The molecule has 0 saturated heterocycles. The number of fused-ring (bicyclic) bond motifs is 6. The van der Waals surface area contributed by atoms with E-state index < -0.39 is 0 Å². The molecule has 0 bridgehead atoms. The minimum atomic E-state index is 0.645. The number of rotatable bonds is 4. The first-order chi connectivity index (χ1) is 21.8. The van der Waals surface area contributed by atoms with E-state index in [4.69, 9.17) is 24.4 Å². The molecule has 44 heavy (non-hydrogen) atoms. The lowest BCUT2D eigenvalue weighted by molar-refractivity contribution is 0.669. The molecule has 0 unspecified atom stereocenters. The molecule has 6 heteroatoms. The summed E-state index contributed by atoms with van der Waals surface area (Å²) < 4.78 is 8.40. The van der Waals surface area contributed by atoms with E-state index in [-0.39, 0.29) is 0 Å². The van der Waals surface area contributed by atoms with Crippen LogP contribution in [0.4, 0.5) is 0 Å². The Kier molecular flexibility index (Phi) is 5.40. The SMILES string of the molecule is c1ccc(-c2cc(-c3cnc(-n4c5ccccc5c5cc6oc7ccccc7c6cc54)cn3)nc(-c3ccccc3)n2)cc1. The van der Waals surface area contributed by atoms with Gasteiger partial charge < -0.3 is 4.42 Å². The molecule has 0 aliphatic heterocycles. The summed E-state index contributed by atoms with van der Waals surface area (Å²) in [4.78, 5) is 19.7. The summed E-state index contributed by atoms with van der Waals surface area (Å²) in [5.41, 5.74) is 8.04. The van der Waals surface area contributed by atoms with Gasteiger partial charge in [-0.05, 0) is 30.3 Å². The van der Waals surface area contributed by atoms with E-state index in [1.54, 1.807) is 6.20 Å². The summed E-state index contributed by atoms with van der Waals surface area (Å²) in [6.45, 7) is 0. The van der Waals surface area contributed by atoms with E-state index in [1.165, 1.54) is 0 Å². The van der Waals surface area contributed by atoms with E-state index >= 15 is 0 Å². The van der Waals surface area contributed by atoms with Gasteiger partial charge in [0, 0.05) is 32.7 Å². The Hall–Kier alpha value is -6.14. The number of benzene rings is 5. The molecule has 206 valence electrons. The van der Waals surface area contributed by atoms with Gasteiger partial charge in [0.2, 0.25) is 0 Å². The lowest BCUT2D eigenvalue weighted by Gasteiger charge is -2.10. The van der Waals surface area contributed by atoms with Crippen LogP contribution in [0.2, 0.25) is 0 Å². The zero-order valence-electron chi connectivity index (χ0n) is 23.4. The topological polar surface area (TPSA) is 69.6 Å². The van der Waals surface area contributed by atoms with Crippen molar-refractivity contribution in [1.29, 1.82) is 0 Å². The van der Waals surface area contributed by atoms with Gasteiger partial charge in [0.05, 0.1) is 34.8 Å². The molecule has 0 spiro atoms. The van der Waals surface area contributed by atoms with Crippen molar-refractivity contribution in [2.75, 3.05) is 0 Å². The Bertz CT molecular complexity index is 2420. The molecule has 5 aromatic carbocycles. The van der Waals surface area contributed by atoms with Crippen LogP contribution in [0.25, 0.3) is 83.6 Å². The average molecular weight is 566 g/mol. The summed E-state index contributed by atoms with van der Waals surface area (Å²) in [5, 5.41) is 4.40. The van der Waals surface area contributed by atoms with Gasteiger partial charge in [0.15, 0.2) is 11.6 Å². The summed E-state index contributed by atoms with van der Waals surface area (Å²) in [6, 6.07) is 43.0. The van der Waals surface area contributed by atoms with Gasteiger partial charge in [-0.1, -0.05) is 97.1 Å². The highest BCUT2D eigenvalue weighted by Gasteiger charge is 2.18. The second kappa shape index (κ2) is 9.71. The normalized spacial score (nSPS) is 11.6. The average Bonchev–Trinajstić information content (AvgIpc) is 3.63. The van der Waals surface area contributed by atoms with Gasteiger partial charge >= 0.3 is 0 Å². The van der Waals surface area contributed by atoms with Crippen LogP contribution < -0.4 is 0 Å². The van der Waals surface area contributed by atoms with Crippen LogP contribution in [-0.2, 0) is 0 Å². The fourth-order valence-corrected chi connectivity index (χ4v) is 6.05. The zero-order chi connectivity index (χ0) is 29.0. The van der Waals surface area contributed by atoms with Crippen LogP contribution in [0.3, 0.4) is 0 Å². The molecule has 4 heterocycles. The van der Waals surface area contributed by atoms with Crippen LogP contribution in [0.1, 0.15) is 0 Å². The van der Waals surface area contributed by atoms with Crippen molar-refractivity contribution < 1.29 is 4.42 Å². The Labute approximate surface area is 251 Å². The molecule has 0 N–H and O–H groups in total. The molecule has 6 nitrogen and oxygen atoms in total. The standard InChI is InChI=1S/C38H23N5O/c1-3-11-24(12-4-1)30-21-31(42-38(41-30)25-13-5-2-6-14-25)32-22-40-37(23-39-32)43-33-17-9-7-15-26(33)28-20-36-29(19-34(28)43)27-16-8-10-18-35(27)44-36/h1-23H. The lowest BCUT2D eigenvalue weighted by Crippen LogP contribution is -2.01. The fourth-order valence-electron chi connectivity index (χ4n) is 6.05. The smallest absolute Gasteiger partial charge is 0.160 e. The van der Waals surface area contributed by atoms with Crippen LogP contribution in [0.15, 0.2) is 144 Å². The Morgan fingerprint density at radius 1 is 0.455 bits per heavy atom. The molecule has 0 fully saturated rings. The monoisotopic (exact) mass is 565 g/mol.